The van der Waals surface area contributed by atoms with Crippen molar-refractivity contribution in [3.8, 4) is 0 Å². The average molecular weight is 322 g/mol. The number of anilines is 1. The highest BCUT2D eigenvalue weighted by molar-refractivity contribution is 5.94. The van der Waals surface area contributed by atoms with Gasteiger partial charge in [0.25, 0.3) is 0 Å². The number of hydrogen-bond acceptors (Lipinski definition) is 4. The van der Waals surface area contributed by atoms with Crippen LogP contribution in [0.5, 0.6) is 0 Å². The fourth-order valence-corrected chi connectivity index (χ4v) is 3.78. The Labute approximate surface area is 141 Å². The summed E-state index contributed by atoms with van der Waals surface area (Å²) < 4.78 is 4.46. The first kappa shape index (κ1) is 14.8. The van der Waals surface area contributed by atoms with Crippen LogP contribution in [0.15, 0.2) is 35.3 Å². The molecule has 0 radical (unpaired) electrons. The van der Waals surface area contributed by atoms with Crippen molar-refractivity contribution in [3.63, 3.8) is 0 Å². The van der Waals surface area contributed by atoms with Crippen molar-refractivity contribution in [2.24, 2.45) is 10.7 Å². The first-order valence-electron chi connectivity index (χ1n) is 8.23. The second-order valence-corrected chi connectivity index (χ2v) is 6.60. The zero-order valence-electron chi connectivity index (χ0n) is 14.4. The lowest BCUT2D eigenvalue weighted by molar-refractivity contribution is 0.563. The van der Waals surface area contributed by atoms with Crippen LogP contribution in [0.3, 0.4) is 0 Å². The van der Waals surface area contributed by atoms with Crippen molar-refractivity contribution in [2.45, 2.75) is 39.9 Å². The smallest absolute Gasteiger partial charge is 0.212 e. The minimum atomic E-state index is -0.202. The second kappa shape index (κ2) is 5.12. The molecule has 0 saturated carbocycles. The lowest BCUT2D eigenvalue weighted by Gasteiger charge is -2.24. The van der Waals surface area contributed by atoms with Crippen LogP contribution in [0.1, 0.15) is 43.0 Å². The van der Waals surface area contributed by atoms with Crippen LogP contribution >= 0.6 is 0 Å². The molecule has 1 atom stereocenters. The van der Waals surface area contributed by atoms with E-state index in [9.17, 15) is 0 Å². The van der Waals surface area contributed by atoms with Gasteiger partial charge in [-0.3, -0.25) is 9.88 Å². The molecule has 124 valence electrons. The molecule has 0 bridgehead atoms. The Morgan fingerprint density at radius 2 is 1.96 bits per heavy atom. The van der Waals surface area contributed by atoms with Crippen LogP contribution in [0.2, 0.25) is 0 Å². The van der Waals surface area contributed by atoms with E-state index in [1.807, 2.05) is 18.2 Å². The number of guanidine groups is 1. The summed E-state index contributed by atoms with van der Waals surface area (Å²) in [6.45, 7) is 8.68. The van der Waals surface area contributed by atoms with E-state index in [1.165, 1.54) is 11.4 Å². The van der Waals surface area contributed by atoms with Gasteiger partial charge in [0.05, 0.1) is 11.0 Å². The summed E-state index contributed by atoms with van der Waals surface area (Å²) in [6.07, 6.45) is -0.202. The number of nitrogens with two attached hydrogens (primary N) is 1. The molecular formula is C18H22N6. The summed E-state index contributed by atoms with van der Waals surface area (Å²) in [4.78, 5) is 9.34. The normalized spacial score (nSPS) is 17.0. The molecule has 4 rings (SSSR count). The lowest BCUT2D eigenvalue weighted by atomic mass is 10.1. The summed E-state index contributed by atoms with van der Waals surface area (Å²) in [6, 6.07) is 10.7. The molecule has 6 heteroatoms. The lowest BCUT2D eigenvalue weighted by Crippen LogP contribution is -2.31. The molecule has 0 amide bonds. The maximum absolute atomic E-state index is 6.03. The highest BCUT2D eigenvalue weighted by atomic mass is 15.4. The molecule has 6 nitrogen and oxygen atoms in total. The van der Waals surface area contributed by atoms with Gasteiger partial charge in [0.15, 0.2) is 12.1 Å². The van der Waals surface area contributed by atoms with Crippen molar-refractivity contribution in [3.05, 3.63) is 47.3 Å². The third kappa shape index (κ3) is 2.02. The number of imidazole rings is 1. The fraction of sp³-hybridized carbons (Fsp3) is 0.333. The quantitative estimate of drug-likeness (QED) is 0.760. The van der Waals surface area contributed by atoms with Crippen LogP contribution < -0.4 is 11.1 Å². The molecule has 3 N–H and O–H groups in total. The minimum absolute atomic E-state index is 0.202. The van der Waals surface area contributed by atoms with Crippen LogP contribution in [0, 0.1) is 13.8 Å². The van der Waals surface area contributed by atoms with Gasteiger partial charge in [-0.1, -0.05) is 12.1 Å². The van der Waals surface area contributed by atoms with Crippen LogP contribution in [0.25, 0.3) is 11.0 Å². The van der Waals surface area contributed by atoms with E-state index in [0.717, 1.165) is 22.5 Å². The average Bonchev–Trinajstić information content (AvgIpc) is 3.03. The van der Waals surface area contributed by atoms with Gasteiger partial charge in [0.2, 0.25) is 5.95 Å². The third-order valence-corrected chi connectivity index (χ3v) is 4.66. The maximum atomic E-state index is 6.03. The predicted octanol–water partition coefficient (Wildman–Crippen LogP) is 3.32. The van der Waals surface area contributed by atoms with Crippen LogP contribution in [-0.2, 0) is 0 Å². The van der Waals surface area contributed by atoms with Gasteiger partial charge in [-0.25, -0.2) is 9.98 Å². The van der Waals surface area contributed by atoms with Gasteiger partial charge in [0, 0.05) is 23.0 Å². The summed E-state index contributed by atoms with van der Waals surface area (Å²) in [7, 11) is 0. The van der Waals surface area contributed by atoms with Crippen molar-refractivity contribution >= 4 is 22.9 Å². The maximum Gasteiger partial charge on any atom is 0.212 e. The summed E-state index contributed by atoms with van der Waals surface area (Å²) in [5.41, 5.74) is 11.6. The van der Waals surface area contributed by atoms with E-state index >= 15 is 0 Å². The van der Waals surface area contributed by atoms with Gasteiger partial charge in [-0.15, -0.1) is 0 Å². The molecule has 2 aromatic heterocycles. The summed E-state index contributed by atoms with van der Waals surface area (Å²) in [5.74, 6) is 1.14. The Morgan fingerprint density at radius 1 is 1.21 bits per heavy atom. The molecule has 24 heavy (non-hydrogen) atoms. The number of rotatable bonds is 2. The molecular weight excluding hydrogens is 300 g/mol. The number of aromatic nitrogens is 3. The summed E-state index contributed by atoms with van der Waals surface area (Å²) in [5, 5.41) is 3.09. The topological polar surface area (TPSA) is 73.2 Å². The van der Waals surface area contributed by atoms with E-state index in [1.54, 1.807) is 0 Å². The van der Waals surface area contributed by atoms with Crippen molar-refractivity contribution < 1.29 is 0 Å². The monoisotopic (exact) mass is 322 g/mol. The van der Waals surface area contributed by atoms with Crippen molar-refractivity contribution in [1.29, 1.82) is 0 Å². The molecule has 1 aliphatic heterocycles. The van der Waals surface area contributed by atoms with Gasteiger partial charge in [0.1, 0.15) is 0 Å². The molecule has 0 fully saturated rings. The van der Waals surface area contributed by atoms with Gasteiger partial charge >= 0.3 is 0 Å². The highest BCUT2D eigenvalue weighted by Crippen LogP contribution is 2.35. The number of fused-ring (bicyclic) bond motifs is 3. The van der Waals surface area contributed by atoms with Crippen molar-refractivity contribution in [1.82, 2.24) is 14.1 Å². The van der Waals surface area contributed by atoms with E-state index in [0.29, 0.717) is 12.0 Å². The van der Waals surface area contributed by atoms with Crippen LogP contribution in [0.4, 0.5) is 5.95 Å². The number of aliphatic imine (C=N–C) groups is 1. The Morgan fingerprint density at radius 3 is 2.67 bits per heavy atom. The first-order chi connectivity index (χ1) is 11.5. The predicted molar refractivity (Wildman–Crippen MR) is 97.4 cm³/mol. The summed E-state index contributed by atoms with van der Waals surface area (Å²) >= 11 is 0. The Hall–Kier alpha value is -2.76. The van der Waals surface area contributed by atoms with Gasteiger partial charge < -0.3 is 10.3 Å². The second-order valence-electron chi connectivity index (χ2n) is 6.60. The van der Waals surface area contributed by atoms with E-state index in [-0.39, 0.29) is 6.17 Å². The number of nitrogens with zero attached hydrogens (tertiary/aromatic N) is 4. The fourth-order valence-electron chi connectivity index (χ4n) is 3.78. The number of hydrogen-bond donors (Lipinski definition) is 2. The molecule has 0 spiro atoms. The van der Waals surface area contributed by atoms with Gasteiger partial charge in [-0.2, -0.15) is 0 Å². The molecule has 1 aromatic carbocycles. The molecule has 0 unspecified atom stereocenters. The molecule has 0 saturated heterocycles. The Balaban J connectivity index is 1.96. The molecule has 3 aromatic rings. The number of nitrogens with one attached hydrogen (secondary N) is 1. The largest absolute Gasteiger partial charge is 0.370 e. The highest BCUT2D eigenvalue weighted by Gasteiger charge is 2.28. The zero-order chi connectivity index (χ0) is 17.0. The van der Waals surface area contributed by atoms with E-state index in [2.05, 4.69) is 64.3 Å². The van der Waals surface area contributed by atoms with E-state index < -0.39 is 0 Å². The Bertz CT molecular complexity index is 959. The standard InChI is InChI=1S/C18H22N6/c1-10(2)23-11(3)9-13(12(23)4)16-21-17(19)22-18-20-14-7-5-6-8-15(14)24(16)18/h5-10,16H,1-4H3,(H3,19,20,21,22)/t16-/m0/s1. The number of benzene rings is 1. The van der Waals surface area contributed by atoms with Gasteiger partial charge in [-0.05, 0) is 45.9 Å². The Kier molecular flexibility index (Phi) is 3.16. The van der Waals surface area contributed by atoms with Crippen LogP contribution in [-0.4, -0.2) is 20.1 Å². The first-order valence-corrected chi connectivity index (χ1v) is 8.23. The molecule has 0 aliphatic carbocycles. The molecule has 3 heterocycles. The van der Waals surface area contributed by atoms with Crippen molar-refractivity contribution in [2.75, 3.05) is 5.32 Å². The van der Waals surface area contributed by atoms with E-state index in [4.69, 9.17) is 5.73 Å². The molecule has 1 aliphatic rings. The SMILES string of the molecule is Cc1cc([C@H]2N=C(N)Nc3nc4ccccc4n32)c(C)n1C(C)C. The third-order valence-electron chi connectivity index (χ3n) is 4.66. The zero-order valence-corrected chi connectivity index (χ0v) is 14.4. The number of para-hydroxylation sites is 2. The minimum Gasteiger partial charge on any atom is -0.370 e. The number of aryl methyl sites for hydroxylation is 1.